The normalized spacial score (nSPS) is 11.5. The highest BCUT2D eigenvalue weighted by Gasteiger charge is 2.12. The minimum atomic E-state index is -0.452. The Morgan fingerprint density at radius 3 is 1.48 bits per heavy atom. The first-order valence-corrected chi connectivity index (χ1v) is 16.4. The Morgan fingerprint density at radius 1 is 0.543 bits per heavy atom. The summed E-state index contributed by atoms with van der Waals surface area (Å²) in [6, 6.07) is 29.1. The molecule has 0 aliphatic carbocycles. The number of carbonyl (C=O) groups excluding carboxylic acids is 3. The third-order valence-corrected chi connectivity index (χ3v) is 7.99. The summed E-state index contributed by atoms with van der Waals surface area (Å²) >= 11 is 0. The Balaban J connectivity index is 1.26. The van der Waals surface area contributed by atoms with Gasteiger partial charge in [-0.3, -0.25) is 4.79 Å². The average Bonchev–Trinajstić information content (AvgIpc) is 3.09. The van der Waals surface area contributed by atoms with E-state index >= 15 is 0 Å². The van der Waals surface area contributed by atoms with Crippen LogP contribution in [0.3, 0.4) is 0 Å². The third kappa shape index (κ3) is 10.4. The molecule has 0 aliphatic heterocycles. The highest BCUT2D eigenvalue weighted by atomic mass is 16.5. The summed E-state index contributed by atoms with van der Waals surface area (Å²) in [6.45, 7) is 6.72. The zero-order chi connectivity index (χ0) is 32.7. The van der Waals surface area contributed by atoms with Crippen molar-refractivity contribution < 1.29 is 28.6 Å². The average molecular weight is 621 g/mol. The molecule has 240 valence electrons. The summed E-state index contributed by atoms with van der Waals surface area (Å²) in [7, 11) is 0. The van der Waals surface area contributed by atoms with Crippen molar-refractivity contribution >= 4 is 17.9 Å². The maximum atomic E-state index is 12.8. The van der Waals surface area contributed by atoms with Gasteiger partial charge in [0.15, 0.2) is 0 Å². The summed E-state index contributed by atoms with van der Waals surface area (Å²) in [5.74, 6) is 0.317. The monoisotopic (exact) mass is 620 g/mol. The van der Waals surface area contributed by atoms with Crippen molar-refractivity contribution in [3.8, 4) is 33.8 Å². The number of rotatable bonds is 16. The van der Waals surface area contributed by atoms with Crippen molar-refractivity contribution in [3.05, 3.63) is 108 Å². The van der Waals surface area contributed by atoms with E-state index in [1.165, 1.54) is 19.3 Å². The van der Waals surface area contributed by atoms with Gasteiger partial charge in [-0.05, 0) is 83.1 Å². The zero-order valence-electron chi connectivity index (χ0n) is 27.1. The Kier molecular flexibility index (Phi) is 13.1. The van der Waals surface area contributed by atoms with Gasteiger partial charge in [0.05, 0.1) is 17.7 Å². The van der Waals surface area contributed by atoms with E-state index in [9.17, 15) is 14.4 Å². The predicted octanol–water partition coefficient (Wildman–Crippen LogP) is 10.1. The van der Waals surface area contributed by atoms with Gasteiger partial charge in [0.2, 0.25) is 0 Å². The molecule has 4 aromatic carbocycles. The van der Waals surface area contributed by atoms with Gasteiger partial charge in [-0.1, -0.05) is 108 Å². The van der Waals surface area contributed by atoms with Crippen molar-refractivity contribution in [3.63, 3.8) is 0 Å². The molecule has 0 aliphatic rings. The van der Waals surface area contributed by atoms with Crippen molar-refractivity contribution in [1.82, 2.24) is 0 Å². The fourth-order valence-corrected chi connectivity index (χ4v) is 4.85. The number of hydrogen-bond donors (Lipinski definition) is 0. The number of unbranched alkanes of at least 4 members (excludes halogenated alkanes) is 5. The van der Waals surface area contributed by atoms with E-state index in [4.69, 9.17) is 14.2 Å². The fraction of sp³-hybridized carbons (Fsp3) is 0.325. The first-order valence-electron chi connectivity index (χ1n) is 16.4. The molecular formula is C40H44O6. The summed E-state index contributed by atoms with van der Waals surface area (Å²) in [5.41, 5.74) is 4.69. The lowest BCUT2D eigenvalue weighted by Gasteiger charge is -2.10. The lowest BCUT2D eigenvalue weighted by molar-refractivity contribution is -0.134. The van der Waals surface area contributed by atoms with Crippen LogP contribution in [0.15, 0.2) is 97.1 Å². The van der Waals surface area contributed by atoms with Gasteiger partial charge in [0, 0.05) is 6.42 Å². The second kappa shape index (κ2) is 17.7. The van der Waals surface area contributed by atoms with Crippen LogP contribution in [0.4, 0.5) is 0 Å². The highest BCUT2D eigenvalue weighted by Crippen LogP contribution is 2.26. The molecule has 46 heavy (non-hydrogen) atoms. The van der Waals surface area contributed by atoms with Crippen LogP contribution in [-0.2, 0) is 9.53 Å². The lowest BCUT2D eigenvalue weighted by atomic mass is 10.0. The molecule has 0 fully saturated rings. The molecule has 0 unspecified atom stereocenters. The molecule has 0 N–H and O–H groups in total. The molecule has 0 saturated carbocycles. The molecule has 4 rings (SSSR count). The second-order valence-corrected chi connectivity index (χ2v) is 11.7. The van der Waals surface area contributed by atoms with Crippen molar-refractivity contribution in [2.24, 2.45) is 5.92 Å². The van der Waals surface area contributed by atoms with Gasteiger partial charge in [-0.2, -0.15) is 0 Å². The molecule has 0 amide bonds. The van der Waals surface area contributed by atoms with E-state index in [0.717, 1.165) is 47.9 Å². The highest BCUT2D eigenvalue weighted by molar-refractivity contribution is 5.92. The van der Waals surface area contributed by atoms with Crippen LogP contribution in [-0.4, -0.2) is 24.5 Å². The Hall–Kier alpha value is -4.71. The molecule has 6 nitrogen and oxygen atoms in total. The van der Waals surface area contributed by atoms with Crippen molar-refractivity contribution in [2.75, 3.05) is 6.61 Å². The molecule has 0 aromatic heterocycles. The minimum Gasteiger partial charge on any atom is -0.462 e. The summed E-state index contributed by atoms with van der Waals surface area (Å²) in [4.78, 5) is 37.3. The third-order valence-electron chi connectivity index (χ3n) is 7.99. The van der Waals surface area contributed by atoms with Gasteiger partial charge >= 0.3 is 17.9 Å². The van der Waals surface area contributed by atoms with Gasteiger partial charge in [0.25, 0.3) is 0 Å². The summed E-state index contributed by atoms with van der Waals surface area (Å²) < 4.78 is 16.5. The largest absolute Gasteiger partial charge is 0.462 e. The number of carbonyl (C=O) groups is 3. The van der Waals surface area contributed by atoms with Gasteiger partial charge in [-0.25, -0.2) is 9.59 Å². The van der Waals surface area contributed by atoms with Crippen LogP contribution >= 0.6 is 0 Å². The smallest absolute Gasteiger partial charge is 0.343 e. The topological polar surface area (TPSA) is 78.9 Å². The fourth-order valence-electron chi connectivity index (χ4n) is 4.85. The van der Waals surface area contributed by atoms with E-state index in [0.29, 0.717) is 41.6 Å². The minimum absolute atomic E-state index is 0.203. The van der Waals surface area contributed by atoms with E-state index in [-0.39, 0.29) is 11.9 Å². The summed E-state index contributed by atoms with van der Waals surface area (Å²) in [5, 5.41) is 0. The molecule has 0 heterocycles. The van der Waals surface area contributed by atoms with Crippen LogP contribution in [0.1, 0.15) is 92.9 Å². The SMILES string of the molecule is CCCCCCCCC(=O)Oc1ccc(-c2ccc(C(=O)Oc3ccc(-c4ccc(C(=O)OC[C@@H](C)CC)cc4)cc3)cc2)cc1. The molecule has 0 saturated heterocycles. The Labute approximate surface area is 272 Å². The maximum absolute atomic E-state index is 12.8. The standard InChI is InChI=1S/C40H44O6/c1-4-6-7-8-9-10-11-38(41)45-36-24-20-32(21-25-36)31-14-18-35(19-15-31)40(43)46-37-26-22-33(23-27-37)30-12-16-34(17-13-30)39(42)44-28-29(3)5-2/h12-27,29H,4-11,28H2,1-3H3/t29-/m0/s1. The molecule has 0 bridgehead atoms. The van der Waals surface area contributed by atoms with E-state index in [1.54, 1.807) is 48.5 Å². The maximum Gasteiger partial charge on any atom is 0.343 e. The van der Waals surface area contributed by atoms with Gasteiger partial charge in [0.1, 0.15) is 11.5 Å². The molecular weight excluding hydrogens is 576 g/mol. The molecule has 6 heteroatoms. The quantitative estimate of drug-likeness (QED) is 0.0705. The lowest BCUT2D eigenvalue weighted by Crippen LogP contribution is -2.11. The molecule has 1 atom stereocenters. The van der Waals surface area contributed by atoms with Crippen molar-refractivity contribution in [1.29, 1.82) is 0 Å². The predicted molar refractivity (Wildman–Crippen MR) is 182 cm³/mol. The second-order valence-electron chi connectivity index (χ2n) is 11.7. The first-order chi connectivity index (χ1) is 22.4. The Bertz CT molecular complexity index is 1540. The number of benzene rings is 4. The molecule has 4 aromatic rings. The number of ether oxygens (including phenoxy) is 3. The zero-order valence-corrected chi connectivity index (χ0v) is 27.1. The van der Waals surface area contributed by atoms with Gasteiger partial charge in [-0.15, -0.1) is 0 Å². The van der Waals surface area contributed by atoms with E-state index in [1.807, 2.05) is 55.5 Å². The van der Waals surface area contributed by atoms with E-state index < -0.39 is 5.97 Å². The van der Waals surface area contributed by atoms with Crippen LogP contribution < -0.4 is 9.47 Å². The van der Waals surface area contributed by atoms with Crippen molar-refractivity contribution in [2.45, 2.75) is 72.1 Å². The van der Waals surface area contributed by atoms with Crippen LogP contribution in [0.2, 0.25) is 0 Å². The number of hydrogen-bond acceptors (Lipinski definition) is 6. The molecule has 0 spiro atoms. The summed E-state index contributed by atoms with van der Waals surface area (Å²) in [6.07, 6.45) is 8.15. The number of esters is 3. The van der Waals surface area contributed by atoms with Crippen LogP contribution in [0.5, 0.6) is 11.5 Å². The van der Waals surface area contributed by atoms with Gasteiger partial charge < -0.3 is 14.2 Å². The van der Waals surface area contributed by atoms with E-state index in [2.05, 4.69) is 13.8 Å². The van der Waals surface area contributed by atoms with Crippen LogP contribution in [0, 0.1) is 5.92 Å². The molecule has 0 radical (unpaired) electrons. The van der Waals surface area contributed by atoms with Crippen LogP contribution in [0.25, 0.3) is 22.3 Å². The first kappa shape index (κ1) is 34.2. The Morgan fingerprint density at radius 2 is 0.978 bits per heavy atom.